The van der Waals surface area contributed by atoms with Gasteiger partial charge in [-0.25, -0.2) is 4.39 Å². The van der Waals surface area contributed by atoms with E-state index in [1.54, 1.807) is 24.3 Å². The van der Waals surface area contributed by atoms with Gasteiger partial charge in [0.2, 0.25) is 5.91 Å². The standard InChI is InChI=1S/C20H16ClFN4O2S/c1-12-5-6-15(10-16(12)21)23-18(27)11-29-19-8-7-17(25-26-19)24-20(28)13-3-2-4-14(22)9-13/h2-10H,11H2,1H3,(H,23,27)(H,24,25,28). The number of anilines is 2. The van der Waals surface area contributed by atoms with Gasteiger partial charge in [0, 0.05) is 16.3 Å². The number of carbonyl (C=O) groups excluding carboxylic acids is 2. The van der Waals surface area contributed by atoms with E-state index in [9.17, 15) is 14.0 Å². The summed E-state index contributed by atoms with van der Waals surface area (Å²) in [6.45, 7) is 1.88. The van der Waals surface area contributed by atoms with E-state index in [2.05, 4.69) is 20.8 Å². The third-order valence-corrected chi connectivity index (χ3v) is 5.10. The number of carbonyl (C=O) groups is 2. The van der Waals surface area contributed by atoms with Gasteiger partial charge in [0.15, 0.2) is 5.82 Å². The van der Waals surface area contributed by atoms with Crippen molar-refractivity contribution in [3.05, 3.63) is 76.6 Å². The van der Waals surface area contributed by atoms with Gasteiger partial charge < -0.3 is 10.6 Å². The quantitative estimate of drug-likeness (QED) is 0.560. The van der Waals surface area contributed by atoms with E-state index in [-0.39, 0.29) is 23.0 Å². The number of nitrogens with one attached hydrogen (secondary N) is 2. The summed E-state index contributed by atoms with van der Waals surface area (Å²) in [4.78, 5) is 24.1. The fourth-order valence-electron chi connectivity index (χ4n) is 2.29. The molecule has 3 aromatic rings. The van der Waals surface area contributed by atoms with Crippen molar-refractivity contribution in [2.45, 2.75) is 11.9 Å². The van der Waals surface area contributed by atoms with E-state index in [1.807, 2.05) is 13.0 Å². The molecule has 0 aliphatic rings. The van der Waals surface area contributed by atoms with E-state index in [0.717, 1.165) is 11.6 Å². The number of aryl methyl sites for hydroxylation is 1. The zero-order valence-corrected chi connectivity index (χ0v) is 16.9. The summed E-state index contributed by atoms with van der Waals surface area (Å²) in [7, 11) is 0. The number of hydrogen-bond acceptors (Lipinski definition) is 5. The molecule has 1 aromatic heterocycles. The summed E-state index contributed by atoms with van der Waals surface area (Å²) in [5.74, 6) is -0.839. The van der Waals surface area contributed by atoms with E-state index in [4.69, 9.17) is 11.6 Å². The molecule has 0 aliphatic heterocycles. The highest BCUT2D eigenvalue weighted by atomic mass is 35.5. The highest BCUT2D eigenvalue weighted by Gasteiger charge is 2.10. The number of benzene rings is 2. The van der Waals surface area contributed by atoms with Crippen molar-refractivity contribution in [1.29, 1.82) is 0 Å². The van der Waals surface area contributed by atoms with Crippen LogP contribution < -0.4 is 10.6 Å². The maximum absolute atomic E-state index is 13.2. The van der Waals surface area contributed by atoms with Crippen molar-refractivity contribution in [2.24, 2.45) is 0 Å². The summed E-state index contributed by atoms with van der Waals surface area (Å²) in [5.41, 5.74) is 1.73. The number of aromatic nitrogens is 2. The molecule has 2 aromatic carbocycles. The molecule has 2 N–H and O–H groups in total. The smallest absolute Gasteiger partial charge is 0.256 e. The molecular formula is C20H16ClFN4O2S. The number of hydrogen-bond donors (Lipinski definition) is 2. The van der Waals surface area contributed by atoms with E-state index in [0.29, 0.717) is 15.7 Å². The van der Waals surface area contributed by atoms with Crippen molar-refractivity contribution in [1.82, 2.24) is 10.2 Å². The third kappa shape index (κ3) is 6.00. The first kappa shape index (κ1) is 20.8. The monoisotopic (exact) mass is 430 g/mol. The van der Waals surface area contributed by atoms with Gasteiger partial charge in [0.25, 0.3) is 5.91 Å². The number of thioether (sulfide) groups is 1. The molecule has 0 saturated carbocycles. The van der Waals surface area contributed by atoms with Gasteiger partial charge in [0.1, 0.15) is 10.8 Å². The average Bonchev–Trinajstić information content (AvgIpc) is 2.70. The molecule has 1 heterocycles. The lowest BCUT2D eigenvalue weighted by molar-refractivity contribution is -0.113. The first-order chi connectivity index (χ1) is 13.9. The van der Waals surface area contributed by atoms with Gasteiger partial charge in [-0.3, -0.25) is 9.59 Å². The molecule has 0 fully saturated rings. The van der Waals surface area contributed by atoms with Crippen LogP contribution in [0.3, 0.4) is 0 Å². The lowest BCUT2D eigenvalue weighted by Gasteiger charge is -2.07. The fraction of sp³-hybridized carbons (Fsp3) is 0.100. The van der Waals surface area contributed by atoms with Crippen LogP contribution in [-0.4, -0.2) is 27.8 Å². The third-order valence-electron chi connectivity index (χ3n) is 3.78. The molecule has 0 saturated heterocycles. The van der Waals surface area contributed by atoms with Gasteiger partial charge in [-0.05, 0) is 55.0 Å². The van der Waals surface area contributed by atoms with Crippen LogP contribution in [0.5, 0.6) is 0 Å². The minimum atomic E-state index is -0.498. The predicted molar refractivity (Wildman–Crippen MR) is 112 cm³/mol. The molecule has 6 nitrogen and oxygen atoms in total. The molecule has 0 atom stereocenters. The van der Waals surface area contributed by atoms with Crippen molar-refractivity contribution < 1.29 is 14.0 Å². The van der Waals surface area contributed by atoms with Crippen molar-refractivity contribution in [3.8, 4) is 0 Å². The summed E-state index contributed by atoms with van der Waals surface area (Å²) in [6, 6.07) is 13.8. The van der Waals surface area contributed by atoms with Crippen LogP contribution in [-0.2, 0) is 4.79 Å². The van der Waals surface area contributed by atoms with E-state index in [1.165, 1.54) is 30.0 Å². The first-order valence-electron chi connectivity index (χ1n) is 8.50. The maximum Gasteiger partial charge on any atom is 0.256 e. The van der Waals surface area contributed by atoms with Crippen LogP contribution in [0.4, 0.5) is 15.9 Å². The van der Waals surface area contributed by atoms with Crippen molar-refractivity contribution in [3.63, 3.8) is 0 Å². The number of amides is 2. The summed E-state index contributed by atoms with van der Waals surface area (Å²) < 4.78 is 13.2. The molecule has 148 valence electrons. The highest BCUT2D eigenvalue weighted by molar-refractivity contribution is 7.99. The van der Waals surface area contributed by atoms with Crippen LogP contribution in [0.15, 0.2) is 59.6 Å². The van der Waals surface area contributed by atoms with Crippen LogP contribution in [0, 0.1) is 12.7 Å². The van der Waals surface area contributed by atoms with Gasteiger partial charge >= 0.3 is 0 Å². The molecule has 0 aliphatic carbocycles. The van der Waals surface area contributed by atoms with Crippen LogP contribution in [0.25, 0.3) is 0 Å². The average molecular weight is 431 g/mol. The molecule has 0 bridgehead atoms. The Morgan fingerprint density at radius 1 is 1.07 bits per heavy atom. The first-order valence-corrected chi connectivity index (χ1v) is 9.86. The molecule has 2 amide bonds. The van der Waals surface area contributed by atoms with Crippen LogP contribution in [0.1, 0.15) is 15.9 Å². The largest absolute Gasteiger partial charge is 0.325 e. The van der Waals surface area contributed by atoms with Gasteiger partial charge in [0.05, 0.1) is 5.75 Å². The Morgan fingerprint density at radius 3 is 2.59 bits per heavy atom. The molecule has 0 spiro atoms. The zero-order valence-electron chi connectivity index (χ0n) is 15.3. The molecular weight excluding hydrogens is 415 g/mol. The maximum atomic E-state index is 13.2. The minimum Gasteiger partial charge on any atom is -0.325 e. The van der Waals surface area contributed by atoms with E-state index >= 15 is 0 Å². The predicted octanol–water partition coefficient (Wildman–Crippen LogP) is 4.56. The lowest BCUT2D eigenvalue weighted by Crippen LogP contribution is -2.15. The van der Waals surface area contributed by atoms with Gasteiger partial charge in [-0.1, -0.05) is 35.5 Å². The van der Waals surface area contributed by atoms with E-state index < -0.39 is 11.7 Å². The Morgan fingerprint density at radius 2 is 1.90 bits per heavy atom. The molecule has 0 unspecified atom stereocenters. The second-order valence-corrected chi connectivity index (χ2v) is 7.42. The number of nitrogens with zero attached hydrogens (tertiary/aromatic N) is 2. The summed E-state index contributed by atoms with van der Waals surface area (Å²) >= 11 is 7.24. The Bertz CT molecular complexity index is 1050. The minimum absolute atomic E-state index is 0.134. The fourth-order valence-corrected chi connectivity index (χ4v) is 3.08. The molecule has 9 heteroatoms. The highest BCUT2D eigenvalue weighted by Crippen LogP contribution is 2.21. The zero-order chi connectivity index (χ0) is 20.8. The Kier molecular flexibility index (Phi) is 6.79. The molecule has 3 rings (SSSR count). The van der Waals surface area contributed by atoms with Crippen LogP contribution >= 0.6 is 23.4 Å². The van der Waals surface area contributed by atoms with Gasteiger partial charge in [-0.2, -0.15) is 0 Å². The van der Waals surface area contributed by atoms with Crippen molar-refractivity contribution in [2.75, 3.05) is 16.4 Å². The second kappa shape index (κ2) is 9.49. The van der Waals surface area contributed by atoms with Crippen molar-refractivity contribution >= 4 is 46.7 Å². The molecule has 29 heavy (non-hydrogen) atoms. The Hall–Kier alpha value is -2.97. The van der Waals surface area contributed by atoms with Crippen LogP contribution in [0.2, 0.25) is 5.02 Å². The Balaban J connectivity index is 1.51. The summed E-state index contributed by atoms with van der Waals surface area (Å²) in [6.07, 6.45) is 0. The Labute approximate surface area is 175 Å². The SMILES string of the molecule is Cc1ccc(NC(=O)CSc2ccc(NC(=O)c3cccc(F)c3)nn2)cc1Cl. The second-order valence-electron chi connectivity index (χ2n) is 6.02. The number of halogens is 2. The van der Waals surface area contributed by atoms with Gasteiger partial charge in [-0.15, -0.1) is 10.2 Å². The molecule has 0 radical (unpaired) electrons. The topological polar surface area (TPSA) is 84.0 Å². The summed E-state index contributed by atoms with van der Waals surface area (Å²) in [5, 5.41) is 14.3. The lowest BCUT2D eigenvalue weighted by atomic mass is 10.2. The number of rotatable bonds is 6. The normalized spacial score (nSPS) is 10.4.